The molecule has 3 heterocycles. The summed E-state index contributed by atoms with van der Waals surface area (Å²) in [7, 11) is 0. The molecule has 0 radical (unpaired) electrons. The minimum atomic E-state index is -0.0716. The molecule has 3 rings (SSSR count). The lowest BCUT2D eigenvalue weighted by Gasteiger charge is -2.27. The fourth-order valence-corrected chi connectivity index (χ4v) is 2.74. The summed E-state index contributed by atoms with van der Waals surface area (Å²) in [5.41, 5.74) is 0.754. The number of morpholine rings is 1. The fourth-order valence-electron chi connectivity index (χ4n) is 2.74. The Morgan fingerprint density at radius 1 is 1.33 bits per heavy atom. The third-order valence-corrected chi connectivity index (χ3v) is 3.98. The first-order valence-corrected chi connectivity index (χ1v) is 7.66. The number of hydrogen-bond acceptors (Lipinski definition) is 5. The lowest BCUT2D eigenvalue weighted by Crippen LogP contribution is -2.43. The van der Waals surface area contributed by atoms with Crippen LogP contribution in [0.2, 0.25) is 0 Å². The normalized spacial score (nSPS) is 22.9. The van der Waals surface area contributed by atoms with Crippen LogP contribution in [-0.4, -0.2) is 49.8 Å². The molecule has 0 saturated carbocycles. The van der Waals surface area contributed by atoms with Crippen molar-refractivity contribution in [2.75, 3.05) is 43.1 Å². The number of nitrogens with one attached hydrogen (secondary N) is 2. The van der Waals surface area contributed by atoms with Crippen molar-refractivity contribution >= 4 is 17.4 Å². The van der Waals surface area contributed by atoms with E-state index in [4.69, 9.17) is 4.74 Å². The largest absolute Gasteiger partial charge is 0.378 e. The molecule has 1 amide bonds. The monoisotopic (exact) mass is 290 g/mol. The lowest BCUT2D eigenvalue weighted by molar-refractivity contribution is -0.118. The predicted molar refractivity (Wildman–Crippen MR) is 81.5 cm³/mol. The van der Waals surface area contributed by atoms with Gasteiger partial charge in [0.05, 0.1) is 31.1 Å². The highest BCUT2D eigenvalue weighted by Gasteiger charge is 2.20. The molecular weight excluding hydrogens is 268 g/mol. The van der Waals surface area contributed by atoms with Gasteiger partial charge in [0.15, 0.2) is 0 Å². The molecule has 2 aliphatic rings. The second kappa shape index (κ2) is 6.87. The van der Waals surface area contributed by atoms with Crippen molar-refractivity contribution < 1.29 is 9.53 Å². The third-order valence-electron chi connectivity index (χ3n) is 3.98. The van der Waals surface area contributed by atoms with E-state index in [1.165, 1.54) is 0 Å². The molecule has 6 nitrogen and oxygen atoms in total. The first kappa shape index (κ1) is 14.3. The molecule has 0 aliphatic carbocycles. The van der Waals surface area contributed by atoms with Crippen molar-refractivity contribution in [2.45, 2.75) is 25.3 Å². The average Bonchev–Trinajstić information content (AvgIpc) is 2.57. The molecule has 2 N–H and O–H groups in total. The highest BCUT2D eigenvalue weighted by Crippen LogP contribution is 2.16. The summed E-state index contributed by atoms with van der Waals surface area (Å²) >= 11 is 0. The zero-order chi connectivity index (χ0) is 14.5. The Kier molecular flexibility index (Phi) is 4.67. The maximum Gasteiger partial charge on any atom is 0.241 e. The van der Waals surface area contributed by atoms with Gasteiger partial charge in [0.2, 0.25) is 5.91 Å². The Labute approximate surface area is 124 Å². The second-order valence-corrected chi connectivity index (χ2v) is 5.50. The van der Waals surface area contributed by atoms with Gasteiger partial charge in [-0.25, -0.2) is 4.98 Å². The van der Waals surface area contributed by atoms with Gasteiger partial charge in [0, 0.05) is 13.1 Å². The standard InChI is InChI=1S/C15H22N4O2/c20-15(13-3-1-2-6-16-13)18-12-4-5-14(17-11-12)19-7-9-21-10-8-19/h4-5,11,13,16H,1-3,6-10H2,(H,18,20)/t13-/m0/s1. The van der Waals surface area contributed by atoms with Crippen molar-refractivity contribution in [3.05, 3.63) is 18.3 Å². The Morgan fingerprint density at radius 2 is 2.19 bits per heavy atom. The summed E-state index contributed by atoms with van der Waals surface area (Å²) in [6.07, 6.45) is 4.90. The number of nitrogens with zero attached hydrogens (tertiary/aromatic N) is 2. The number of aromatic nitrogens is 1. The summed E-state index contributed by atoms with van der Waals surface area (Å²) in [6, 6.07) is 3.80. The zero-order valence-corrected chi connectivity index (χ0v) is 12.2. The van der Waals surface area contributed by atoms with Crippen LogP contribution >= 0.6 is 0 Å². The van der Waals surface area contributed by atoms with E-state index in [1.807, 2.05) is 12.1 Å². The Morgan fingerprint density at radius 3 is 2.86 bits per heavy atom. The third kappa shape index (κ3) is 3.71. The number of carbonyl (C=O) groups excluding carboxylic acids is 1. The van der Waals surface area contributed by atoms with E-state index in [0.29, 0.717) is 0 Å². The fraction of sp³-hybridized carbons (Fsp3) is 0.600. The zero-order valence-electron chi connectivity index (χ0n) is 12.2. The number of rotatable bonds is 3. The van der Waals surface area contributed by atoms with E-state index >= 15 is 0 Å². The first-order chi connectivity index (χ1) is 10.3. The summed E-state index contributed by atoms with van der Waals surface area (Å²) in [5.74, 6) is 0.975. The van der Waals surface area contributed by atoms with Gasteiger partial charge in [0.25, 0.3) is 0 Å². The van der Waals surface area contributed by atoms with Crippen LogP contribution in [0, 0.1) is 0 Å². The molecule has 1 aromatic rings. The Bertz CT molecular complexity index is 465. The van der Waals surface area contributed by atoms with Crippen LogP contribution in [-0.2, 0) is 9.53 Å². The van der Waals surface area contributed by atoms with Gasteiger partial charge >= 0.3 is 0 Å². The summed E-state index contributed by atoms with van der Waals surface area (Å²) in [5, 5.41) is 6.18. The number of hydrogen-bond donors (Lipinski definition) is 2. The van der Waals surface area contributed by atoms with Gasteiger partial charge in [-0.05, 0) is 31.5 Å². The predicted octanol–water partition coefficient (Wildman–Crippen LogP) is 0.999. The van der Waals surface area contributed by atoms with E-state index < -0.39 is 0 Å². The Hall–Kier alpha value is -1.66. The molecule has 1 aromatic heterocycles. The average molecular weight is 290 g/mol. The van der Waals surface area contributed by atoms with E-state index in [9.17, 15) is 4.79 Å². The molecule has 2 fully saturated rings. The van der Waals surface area contributed by atoms with Crippen LogP contribution in [0.15, 0.2) is 18.3 Å². The summed E-state index contributed by atoms with van der Waals surface area (Å²) < 4.78 is 5.33. The van der Waals surface area contributed by atoms with Crippen molar-refractivity contribution in [1.82, 2.24) is 10.3 Å². The van der Waals surface area contributed by atoms with Crippen LogP contribution in [0.1, 0.15) is 19.3 Å². The lowest BCUT2D eigenvalue weighted by atomic mass is 10.0. The van der Waals surface area contributed by atoms with Crippen LogP contribution in [0.5, 0.6) is 0 Å². The molecule has 114 valence electrons. The number of pyridine rings is 1. The molecule has 0 aromatic carbocycles. The molecule has 2 aliphatic heterocycles. The van der Waals surface area contributed by atoms with Crippen LogP contribution < -0.4 is 15.5 Å². The van der Waals surface area contributed by atoms with Gasteiger partial charge in [-0.1, -0.05) is 6.42 Å². The highest BCUT2D eigenvalue weighted by molar-refractivity contribution is 5.94. The number of ether oxygens (including phenoxy) is 1. The van der Waals surface area contributed by atoms with Gasteiger partial charge in [-0.2, -0.15) is 0 Å². The Balaban J connectivity index is 1.57. The minimum absolute atomic E-state index is 0.0376. The molecule has 0 spiro atoms. The molecule has 2 saturated heterocycles. The molecule has 0 bridgehead atoms. The van der Waals surface area contributed by atoms with E-state index in [2.05, 4.69) is 20.5 Å². The minimum Gasteiger partial charge on any atom is -0.378 e. The van der Waals surface area contributed by atoms with Gasteiger partial charge in [-0.3, -0.25) is 4.79 Å². The molecule has 6 heteroatoms. The highest BCUT2D eigenvalue weighted by atomic mass is 16.5. The quantitative estimate of drug-likeness (QED) is 0.869. The molecule has 0 unspecified atom stereocenters. The van der Waals surface area contributed by atoms with E-state index in [1.54, 1.807) is 6.20 Å². The van der Waals surface area contributed by atoms with Gasteiger partial charge in [0.1, 0.15) is 5.82 Å². The van der Waals surface area contributed by atoms with Gasteiger partial charge in [-0.15, -0.1) is 0 Å². The summed E-state index contributed by atoms with van der Waals surface area (Å²) in [6.45, 7) is 4.14. The number of carbonyl (C=O) groups is 1. The van der Waals surface area contributed by atoms with Crippen molar-refractivity contribution in [1.29, 1.82) is 0 Å². The number of amides is 1. The SMILES string of the molecule is O=C(Nc1ccc(N2CCOCC2)nc1)[C@@H]1CCCCN1. The van der Waals surface area contributed by atoms with Crippen LogP contribution in [0.25, 0.3) is 0 Å². The van der Waals surface area contributed by atoms with Crippen molar-refractivity contribution in [2.24, 2.45) is 0 Å². The molecular formula is C15H22N4O2. The van der Waals surface area contributed by atoms with Gasteiger partial charge < -0.3 is 20.3 Å². The van der Waals surface area contributed by atoms with E-state index in [-0.39, 0.29) is 11.9 Å². The molecule has 21 heavy (non-hydrogen) atoms. The van der Waals surface area contributed by atoms with Crippen LogP contribution in [0.4, 0.5) is 11.5 Å². The summed E-state index contributed by atoms with van der Waals surface area (Å²) in [4.78, 5) is 18.8. The number of anilines is 2. The number of piperidine rings is 1. The second-order valence-electron chi connectivity index (χ2n) is 5.50. The topological polar surface area (TPSA) is 66.5 Å². The maximum atomic E-state index is 12.1. The molecule has 1 atom stereocenters. The maximum absolute atomic E-state index is 12.1. The first-order valence-electron chi connectivity index (χ1n) is 7.66. The van der Waals surface area contributed by atoms with E-state index in [0.717, 1.165) is 63.6 Å². The van der Waals surface area contributed by atoms with Crippen molar-refractivity contribution in [3.63, 3.8) is 0 Å². The van der Waals surface area contributed by atoms with Crippen molar-refractivity contribution in [3.8, 4) is 0 Å². The smallest absolute Gasteiger partial charge is 0.241 e. The van der Waals surface area contributed by atoms with Crippen LogP contribution in [0.3, 0.4) is 0 Å².